The van der Waals surface area contributed by atoms with E-state index in [2.05, 4.69) is 41.5 Å². The lowest BCUT2D eigenvalue weighted by Crippen LogP contribution is -2.26. The minimum atomic E-state index is -0.0132. The molecule has 1 N–H and O–H groups in total. The summed E-state index contributed by atoms with van der Waals surface area (Å²) in [5.41, 5.74) is 3.45. The van der Waals surface area contributed by atoms with Gasteiger partial charge in [0.2, 0.25) is 5.91 Å². The Morgan fingerprint density at radius 1 is 1.35 bits per heavy atom. The van der Waals surface area contributed by atoms with Crippen LogP contribution in [-0.4, -0.2) is 46.7 Å². The fraction of sp³-hybridized carbons (Fsp3) is 0.438. The molecular formula is C16H22N4O2S. The zero-order valence-corrected chi connectivity index (χ0v) is 14.5. The number of methoxy groups -OCH3 is 1. The topological polar surface area (TPSA) is 69.0 Å². The quantitative estimate of drug-likeness (QED) is 0.592. The smallest absolute Gasteiger partial charge is 0.230 e. The molecule has 0 radical (unpaired) electrons. The predicted molar refractivity (Wildman–Crippen MR) is 91.1 cm³/mol. The summed E-state index contributed by atoms with van der Waals surface area (Å²) in [5, 5.41) is 11.6. The molecule has 6 nitrogen and oxygen atoms in total. The van der Waals surface area contributed by atoms with Crippen molar-refractivity contribution in [3.05, 3.63) is 35.7 Å². The standard InChI is InChI=1S/C16H22N4O2S/c1-12-5-6-14(9-13(12)2)20-11-18-19-16(20)23-10-15(21)17-7-4-8-22-3/h5-6,9,11H,4,7-8,10H2,1-3H3,(H,17,21). The summed E-state index contributed by atoms with van der Waals surface area (Å²) in [4.78, 5) is 11.8. The number of hydrogen-bond acceptors (Lipinski definition) is 5. The molecule has 0 aliphatic carbocycles. The van der Waals surface area contributed by atoms with Crippen LogP contribution in [0, 0.1) is 13.8 Å². The van der Waals surface area contributed by atoms with Crippen LogP contribution in [0.25, 0.3) is 5.69 Å². The number of rotatable bonds is 8. The molecule has 1 aromatic carbocycles. The Labute approximate surface area is 140 Å². The number of hydrogen-bond donors (Lipinski definition) is 1. The van der Waals surface area contributed by atoms with Gasteiger partial charge in [0.15, 0.2) is 5.16 Å². The zero-order chi connectivity index (χ0) is 16.7. The van der Waals surface area contributed by atoms with Crippen molar-refractivity contribution < 1.29 is 9.53 Å². The zero-order valence-electron chi connectivity index (χ0n) is 13.7. The van der Waals surface area contributed by atoms with Crippen molar-refractivity contribution in [3.8, 4) is 5.69 Å². The van der Waals surface area contributed by atoms with Crippen LogP contribution >= 0.6 is 11.8 Å². The Bertz CT molecular complexity index is 657. The largest absolute Gasteiger partial charge is 0.385 e. The molecule has 0 aliphatic heterocycles. The van der Waals surface area contributed by atoms with Crippen molar-refractivity contribution in [2.45, 2.75) is 25.4 Å². The van der Waals surface area contributed by atoms with Gasteiger partial charge in [-0.2, -0.15) is 0 Å². The van der Waals surface area contributed by atoms with Crippen LogP contribution in [0.2, 0.25) is 0 Å². The van der Waals surface area contributed by atoms with Gasteiger partial charge in [-0.1, -0.05) is 17.8 Å². The lowest BCUT2D eigenvalue weighted by atomic mass is 10.1. The second kappa shape index (κ2) is 8.69. The van der Waals surface area contributed by atoms with E-state index < -0.39 is 0 Å². The van der Waals surface area contributed by atoms with Gasteiger partial charge in [0.1, 0.15) is 6.33 Å². The van der Waals surface area contributed by atoms with E-state index in [1.807, 2.05) is 10.6 Å². The van der Waals surface area contributed by atoms with Crippen molar-refractivity contribution in [2.24, 2.45) is 0 Å². The number of aromatic nitrogens is 3. The van der Waals surface area contributed by atoms with Gasteiger partial charge in [-0.05, 0) is 43.5 Å². The minimum absolute atomic E-state index is 0.0132. The molecule has 23 heavy (non-hydrogen) atoms. The van der Waals surface area contributed by atoms with Gasteiger partial charge in [-0.25, -0.2) is 0 Å². The van der Waals surface area contributed by atoms with Gasteiger partial charge in [-0.15, -0.1) is 10.2 Å². The van der Waals surface area contributed by atoms with Crippen LogP contribution in [0.4, 0.5) is 0 Å². The Balaban J connectivity index is 1.93. The van der Waals surface area contributed by atoms with Crippen LogP contribution in [0.5, 0.6) is 0 Å². The molecule has 0 fully saturated rings. The van der Waals surface area contributed by atoms with Crippen LogP contribution in [0.3, 0.4) is 0 Å². The van der Waals surface area contributed by atoms with Gasteiger partial charge >= 0.3 is 0 Å². The first-order chi connectivity index (χ1) is 11.1. The summed E-state index contributed by atoms with van der Waals surface area (Å²) in [6.07, 6.45) is 2.48. The van der Waals surface area contributed by atoms with E-state index in [9.17, 15) is 4.79 Å². The predicted octanol–water partition coefficient (Wildman–Crippen LogP) is 2.13. The maximum Gasteiger partial charge on any atom is 0.230 e. The normalized spacial score (nSPS) is 10.7. The van der Waals surface area contributed by atoms with Gasteiger partial charge in [0.25, 0.3) is 0 Å². The van der Waals surface area contributed by atoms with Crippen LogP contribution in [-0.2, 0) is 9.53 Å². The summed E-state index contributed by atoms with van der Waals surface area (Å²) >= 11 is 1.38. The van der Waals surface area contributed by atoms with Crippen molar-refractivity contribution in [1.29, 1.82) is 0 Å². The Kier molecular flexibility index (Phi) is 6.61. The third kappa shape index (κ3) is 5.07. The average molecular weight is 334 g/mol. The molecule has 0 aliphatic rings. The molecular weight excluding hydrogens is 312 g/mol. The van der Waals surface area contributed by atoms with E-state index in [4.69, 9.17) is 4.74 Å². The Morgan fingerprint density at radius 3 is 2.91 bits per heavy atom. The van der Waals surface area contributed by atoms with E-state index in [-0.39, 0.29) is 5.91 Å². The maximum absolute atomic E-state index is 11.8. The van der Waals surface area contributed by atoms with Crippen LogP contribution < -0.4 is 5.32 Å². The van der Waals surface area contributed by atoms with E-state index in [1.54, 1.807) is 13.4 Å². The number of thioether (sulfide) groups is 1. The highest BCUT2D eigenvalue weighted by Crippen LogP contribution is 2.21. The monoisotopic (exact) mass is 334 g/mol. The first kappa shape index (κ1) is 17.5. The number of nitrogens with zero attached hydrogens (tertiary/aromatic N) is 3. The van der Waals surface area contributed by atoms with Gasteiger partial charge in [0, 0.05) is 25.9 Å². The SMILES string of the molecule is COCCCNC(=O)CSc1nncn1-c1ccc(C)c(C)c1. The summed E-state index contributed by atoms with van der Waals surface area (Å²) < 4.78 is 6.85. The maximum atomic E-state index is 11.8. The molecule has 1 heterocycles. The summed E-state index contributed by atoms with van der Waals surface area (Å²) in [5.74, 6) is 0.303. The molecule has 0 atom stereocenters. The molecule has 0 saturated heterocycles. The highest BCUT2D eigenvalue weighted by molar-refractivity contribution is 7.99. The lowest BCUT2D eigenvalue weighted by Gasteiger charge is -2.09. The molecule has 2 aromatic rings. The molecule has 0 saturated carbocycles. The lowest BCUT2D eigenvalue weighted by molar-refractivity contribution is -0.118. The van der Waals surface area contributed by atoms with Crippen molar-refractivity contribution in [1.82, 2.24) is 20.1 Å². The van der Waals surface area contributed by atoms with E-state index >= 15 is 0 Å². The molecule has 1 aromatic heterocycles. The first-order valence-corrected chi connectivity index (χ1v) is 8.46. The molecule has 0 bridgehead atoms. The molecule has 124 valence electrons. The number of carbonyl (C=O) groups is 1. The highest BCUT2D eigenvalue weighted by atomic mass is 32.2. The van der Waals surface area contributed by atoms with Crippen molar-refractivity contribution >= 4 is 17.7 Å². The minimum Gasteiger partial charge on any atom is -0.385 e. The van der Waals surface area contributed by atoms with Crippen molar-refractivity contribution in [2.75, 3.05) is 26.0 Å². The Morgan fingerprint density at radius 2 is 2.17 bits per heavy atom. The molecule has 1 amide bonds. The third-order valence-corrected chi connectivity index (χ3v) is 4.41. The number of nitrogens with one attached hydrogen (secondary N) is 1. The average Bonchev–Trinajstić information content (AvgIpc) is 3.01. The van der Waals surface area contributed by atoms with E-state index in [1.165, 1.54) is 22.9 Å². The molecule has 2 rings (SSSR count). The second-order valence-corrected chi connectivity index (χ2v) is 6.18. The van der Waals surface area contributed by atoms with Crippen LogP contribution in [0.15, 0.2) is 29.7 Å². The van der Waals surface area contributed by atoms with Crippen LogP contribution in [0.1, 0.15) is 17.5 Å². The Hall–Kier alpha value is -1.86. The second-order valence-electron chi connectivity index (χ2n) is 5.24. The summed E-state index contributed by atoms with van der Waals surface area (Å²) in [6.45, 7) is 5.42. The van der Waals surface area contributed by atoms with Gasteiger partial charge < -0.3 is 10.1 Å². The van der Waals surface area contributed by atoms with E-state index in [0.29, 0.717) is 24.1 Å². The number of ether oxygens (including phenoxy) is 1. The summed E-state index contributed by atoms with van der Waals surface area (Å²) in [7, 11) is 1.65. The number of carbonyl (C=O) groups excluding carboxylic acids is 1. The van der Waals surface area contributed by atoms with E-state index in [0.717, 1.165) is 12.1 Å². The third-order valence-electron chi connectivity index (χ3n) is 3.46. The summed E-state index contributed by atoms with van der Waals surface area (Å²) in [6, 6.07) is 6.19. The number of benzene rings is 1. The molecule has 0 unspecified atom stereocenters. The number of aryl methyl sites for hydroxylation is 2. The molecule has 7 heteroatoms. The fourth-order valence-corrected chi connectivity index (χ4v) is 2.76. The first-order valence-electron chi connectivity index (χ1n) is 7.48. The highest BCUT2D eigenvalue weighted by Gasteiger charge is 2.10. The number of amides is 1. The van der Waals surface area contributed by atoms with Crippen molar-refractivity contribution in [3.63, 3.8) is 0 Å². The van der Waals surface area contributed by atoms with Gasteiger partial charge in [0.05, 0.1) is 5.75 Å². The van der Waals surface area contributed by atoms with Gasteiger partial charge in [-0.3, -0.25) is 9.36 Å². The molecule has 0 spiro atoms. The fourth-order valence-electron chi connectivity index (χ4n) is 2.00.